The Morgan fingerprint density at radius 1 is 1.31 bits per heavy atom. The van der Waals surface area contributed by atoms with Crippen LogP contribution in [-0.4, -0.2) is 43.9 Å². The van der Waals surface area contributed by atoms with Gasteiger partial charge in [-0.2, -0.15) is 0 Å². The number of methoxy groups -OCH3 is 1. The smallest absolute Gasteiger partial charge is 0.406 e. The first-order chi connectivity index (χ1) is 15.2. The van der Waals surface area contributed by atoms with E-state index in [9.17, 15) is 22.8 Å². The van der Waals surface area contributed by atoms with Gasteiger partial charge in [0.1, 0.15) is 12.3 Å². The number of hydrogen-bond acceptors (Lipinski definition) is 6. The summed E-state index contributed by atoms with van der Waals surface area (Å²) in [6, 6.07) is 6.96. The summed E-state index contributed by atoms with van der Waals surface area (Å²) in [5.41, 5.74) is 8.18. The van der Waals surface area contributed by atoms with Gasteiger partial charge in [0.05, 0.1) is 18.3 Å². The Morgan fingerprint density at radius 3 is 2.56 bits per heavy atom. The number of carbonyl (C=O) groups is 2. The Labute approximate surface area is 182 Å². The van der Waals surface area contributed by atoms with Crippen LogP contribution < -0.4 is 20.7 Å². The molecule has 8 nitrogen and oxygen atoms in total. The number of amides is 2. The van der Waals surface area contributed by atoms with Crippen LogP contribution >= 0.6 is 0 Å². The number of nitrogens with zero attached hydrogens (tertiary/aromatic N) is 2. The molecule has 2 amide bonds. The Balaban J connectivity index is 0.000000181. The number of nitrogens with one attached hydrogen (secondary N) is 1. The number of hydrogen-bond donors (Lipinski definition) is 2. The molecule has 4 rings (SSSR count). The lowest BCUT2D eigenvalue weighted by Crippen LogP contribution is -2.37. The number of carbonyl (C=O) groups excluding carboxylic acids is 2. The van der Waals surface area contributed by atoms with Gasteiger partial charge in [-0.05, 0) is 48.1 Å². The van der Waals surface area contributed by atoms with Crippen LogP contribution in [-0.2, 0) is 14.3 Å². The van der Waals surface area contributed by atoms with E-state index >= 15 is 0 Å². The third-order valence-corrected chi connectivity index (χ3v) is 4.81. The fraction of sp³-hybridized carbons (Fsp3) is 0.381. The average Bonchev–Trinajstić information content (AvgIpc) is 3.58. The van der Waals surface area contributed by atoms with Gasteiger partial charge in [0, 0.05) is 13.3 Å². The van der Waals surface area contributed by atoms with E-state index in [4.69, 9.17) is 10.5 Å². The summed E-state index contributed by atoms with van der Waals surface area (Å²) in [5, 5.41) is 2.75. The van der Waals surface area contributed by atoms with E-state index in [1.807, 2.05) is 6.07 Å². The van der Waals surface area contributed by atoms with Crippen molar-refractivity contribution in [3.05, 3.63) is 47.7 Å². The molecule has 1 aromatic carbocycles. The van der Waals surface area contributed by atoms with Crippen molar-refractivity contribution in [2.24, 2.45) is 5.73 Å². The predicted molar refractivity (Wildman–Crippen MR) is 110 cm³/mol. The highest BCUT2D eigenvalue weighted by molar-refractivity contribution is 6.04. The van der Waals surface area contributed by atoms with Gasteiger partial charge in [-0.3, -0.25) is 14.5 Å². The maximum absolute atomic E-state index is 11.9. The quantitative estimate of drug-likeness (QED) is 0.653. The number of aromatic nitrogens is 1. The Bertz CT molecular complexity index is 949. The molecule has 32 heavy (non-hydrogen) atoms. The zero-order chi connectivity index (χ0) is 23.3. The molecule has 1 saturated carbocycles. The SMILES string of the molecule is COCC(N)c1ccc(OC(F)(F)F)cc1.O=CN1CC(=O)Nc2cc(C3CC3)cnc21. The number of alkyl halides is 3. The molecule has 1 aliphatic heterocycles. The minimum Gasteiger partial charge on any atom is -0.406 e. The summed E-state index contributed by atoms with van der Waals surface area (Å²) >= 11 is 0. The molecular formula is C21H23F3N4O4. The predicted octanol–water partition coefficient (Wildman–Crippen LogP) is 3.11. The molecule has 2 aromatic rings. The van der Waals surface area contributed by atoms with E-state index in [-0.39, 0.29) is 24.2 Å². The van der Waals surface area contributed by atoms with Crippen LogP contribution in [0, 0.1) is 0 Å². The zero-order valence-electron chi connectivity index (χ0n) is 17.3. The van der Waals surface area contributed by atoms with Crippen LogP contribution in [0.1, 0.15) is 35.9 Å². The third-order valence-electron chi connectivity index (χ3n) is 4.81. The maximum Gasteiger partial charge on any atom is 0.573 e. The lowest BCUT2D eigenvalue weighted by Gasteiger charge is -2.24. The van der Waals surface area contributed by atoms with Crippen LogP contribution in [0.15, 0.2) is 36.5 Å². The molecule has 172 valence electrons. The molecule has 2 heterocycles. The van der Waals surface area contributed by atoms with Crippen molar-refractivity contribution >= 4 is 23.8 Å². The van der Waals surface area contributed by atoms with Crippen LogP contribution in [0.25, 0.3) is 0 Å². The minimum absolute atomic E-state index is 0.0479. The molecular weight excluding hydrogens is 429 g/mol. The number of halogens is 3. The first-order valence-corrected chi connectivity index (χ1v) is 9.82. The highest BCUT2D eigenvalue weighted by atomic mass is 19.4. The molecule has 1 aliphatic carbocycles. The summed E-state index contributed by atoms with van der Waals surface area (Å²) in [6.45, 7) is 0.353. The van der Waals surface area contributed by atoms with Crippen LogP contribution in [0.4, 0.5) is 24.7 Å². The van der Waals surface area contributed by atoms with E-state index < -0.39 is 6.36 Å². The number of rotatable bonds is 6. The largest absolute Gasteiger partial charge is 0.573 e. The van der Waals surface area contributed by atoms with Crippen molar-refractivity contribution < 1.29 is 32.2 Å². The molecule has 1 atom stereocenters. The Kier molecular flexibility index (Phi) is 7.31. The second kappa shape index (κ2) is 9.96. The summed E-state index contributed by atoms with van der Waals surface area (Å²) < 4.78 is 44.1. The fourth-order valence-electron chi connectivity index (χ4n) is 3.13. The molecule has 1 unspecified atom stereocenters. The highest BCUT2D eigenvalue weighted by Crippen LogP contribution is 2.42. The molecule has 0 radical (unpaired) electrons. The Hall–Kier alpha value is -3.18. The van der Waals surface area contributed by atoms with Gasteiger partial charge in [0.25, 0.3) is 0 Å². The first-order valence-electron chi connectivity index (χ1n) is 9.82. The third kappa shape index (κ3) is 6.41. The number of anilines is 2. The summed E-state index contributed by atoms with van der Waals surface area (Å²) in [4.78, 5) is 27.7. The van der Waals surface area contributed by atoms with Crippen molar-refractivity contribution in [2.75, 3.05) is 30.5 Å². The molecule has 0 spiro atoms. The van der Waals surface area contributed by atoms with Crippen molar-refractivity contribution in [1.82, 2.24) is 4.98 Å². The van der Waals surface area contributed by atoms with E-state index in [1.165, 1.54) is 49.1 Å². The number of nitrogens with two attached hydrogens (primary N) is 1. The summed E-state index contributed by atoms with van der Waals surface area (Å²) in [5.74, 6) is 0.690. The molecule has 0 saturated heterocycles. The minimum atomic E-state index is -4.67. The van der Waals surface area contributed by atoms with Gasteiger partial charge in [0.2, 0.25) is 12.3 Å². The van der Waals surface area contributed by atoms with Crippen molar-refractivity contribution in [1.29, 1.82) is 0 Å². The fourth-order valence-corrected chi connectivity index (χ4v) is 3.13. The van der Waals surface area contributed by atoms with Crippen molar-refractivity contribution in [3.8, 4) is 5.75 Å². The van der Waals surface area contributed by atoms with Crippen molar-refractivity contribution in [2.45, 2.75) is 31.2 Å². The topological polar surface area (TPSA) is 107 Å². The lowest BCUT2D eigenvalue weighted by atomic mass is 10.1. The first kappa shape index (κ1) is 23.5. The Morgan fingerprint density at radius 2 is 2.00 bits per heavy atom. The summed E-state index contributed by atoms with van der Waals surface area (Å²) in [7, 11) is 1.50. The van der Waals surface area contributed by atoms with Gasteiger partial charge < -0.3 is 20.5 Å². The summed E-state index contributed by atoms with van der Waals surface area (Å²) in [6.07, 6.45) is 0.139. The molecule has 2 aliphatic rings. The normalized spacial score (nSPS) is 16.3. The molecule has 3 N–H and O–H groups in total. The number of ether oxygens (including phenoxy) is 2. The average molecular weight is 452 g/mol. The monoisotopic (exact) mass is 452 g/mol. The molecule has 1 aromatic heterocycles. The van der Waals surface area contributed by atoms with Crippen LogP contribution in [0.3, 0.4) is 0 Å². The van der Waals surface area contributed by atoms with E-state index in [0.717, 1.165) is 5.56 Å². The van der Waals surface area contributed by atoms with E-state index in [0.29, 0.717) is 36.0 Å². The van der Waals surface area contributed by atoms with Crippen LogP contribution in [0.2, 0.25) is 0 Å². The van der Waals surface area contributed by atoms with Crippen molar-refractivity contribution in [3.63, 3.8) is 0 Å². The molecule has 1 fully saturated rings. The lowest BCUT2D eigenvalue weighted by molar-refractivity contribution is -0.274. The second-order valence-corrected chi connectivity index (χ2v) is 7.37. The van der Waals surface area contributed by atoms with E-state index in [2.05, 4.69) is 15.0 Å². The van der Waals surface area contributed by atoms with Gasteiger partial charge in [0.15, 0.2) is 5.82 Å². The second-order valence-electron chi connectivity index (χ2n) is 7.37. The van der Waals surface area contributed by atoms with Gasteiger partial charge in [-0.25, -0.2) is 4.98 Å². The number of benzene rings is 1. The number of pyridine rings is 1. The van der Waals surface area contributed by atoms with Gasteiger partial charge in [-0.15, -0.1) is 13.2 Å². The zero-order valence-corrected chi connectivity index (χ0v) is 17.3. The highest BCUT2D eigenvalue weighted by Gasteiger charge is 2.31. The van der Waals surface area contributed by atoms with E-state index in [1.54, 1.807) is 6.20 Å². The van der Waals surface area contributed by atoms with Gasteiger partial charge in [-0.1, -0.05) is 12.1 Å². The maximum atomic E-state index is 11.9. The molecule has 11 heteroatoms. The molecule has 0 bridgehead atoms. The standard InChI is InChI=1S/C11H11N3O2.C10H12F3NO2/c15-6-14-5-10(16)13-9-3-8(7-1-2-7)4-12-11(9)14;1-15-6-9(14)7-2-4-8(5-3-7)16-10(11,12)13/h3-4,6-7H,1-2,5H2,(H,13,16);2-5,9H,6,14H2,1H3. The van der Waals surface area contributed by atoms with Crippen LogP contribution in [0.5, 0.6) is 5.75 Å². The number of fused-ring (bicyclic) bond motifs is 1. The van der Waals surface area contributed by atoms with Gasteiger partial charge >= 0.3 is 6.36 Å².